The van der Waals surface area contributed by atoms with E-state index in [2.05, 4.69) is 48.5 Å². The van der Waals surface area contributed by atoms with Crippen molar-refractivity contribution in [3.8, 4) is 11.8 Å². The first-order chi connectivity index (χ1) is 8.06. The summed E-state index contributed by atoms with van der Waals surface area (Å²) in [4.78, 5) is 7.87. The van der Waals surface area contributed by atoms with Gasteiger partial charge in [0.05, 0.1) is 10.2 Å². The lowest BCUT2D eigenvalue weighted by molar-refractivity contribution is 0.439. The molecule has 0 aliphatic heterocycles. The first-order valence-electron chi connectivity index (χ1n) is 4.46. The number of hydrogen-bond donors (Lipinski definition) is 1. The third-order valence-corrected chi connectivity index (χ3v) is 3.02. The maximum atomic E-state index is 13.3. The topological polar surface area (TPSA) is 61.0 Å². The molecule has 0 bridgehead atoms. The Morgan fingerprint density at radius 2 is 1.94 bits per heavy atom. The molecule has 0 aliphatic carbocycles. The fourth-order valence-corrected chi connectivity index (χ4v) is 1.72. The number of halogens is 3. The van der Waals surface area contributed by atoms with Crippen LogP contribution >= 0.6 is 38.5 Å². The zero-order valence-corrected chi connectivity index (χ0v) is 12.1. The normalized spacial score (nSPS) is 10.3. The molecule has 1 aromatic carbocycles. The Morgan fingerprint density at radius 1 is 1.29 bits per heavy atom. The zero-order chi connectivity index (χ0) is 12.4. The molecule has 0 unspecified atom stereocenters. The fourth-order valence-electron chi connectivity index (χ4n) is 1.08. The van der Waals surface area contributed by atoms with Crippen LogP contribution in [-0.4, -0.2) is 9.97 Å². The van der Waals surface area contributed by atoms with E-state index in [1.165, 1.54) is 12.1 Å². The summed E-state index contributed by atoms with van der Waals surface area (Å²) in [5.41, 5.74) is 6.00. The molecule has 2 aromatic rings. The average Bonchev–Trinajstić information content (AvgIpc) is 2.29. The largest absolute Gasteiger partial charge is 0.422 e. The van der Waals surface area contributed by atoms with Gasteiger partial charge in [-0.05, 0) is 44.6 Å². The molecule has 17 heavy (non-hydrogen) atoms. The third-order valence-electron chi connectivity index (χ3n) is 1.85. The first kappa shape index (κ1) is 12.5. The van der Waals surface area contributed by atoms with Crippen LogP contribution in [-0.2, 0) is 0 Å². The predicted molar refractivity (Wildman–Crippen MR) is 73.3 cm³/mol. The van der Waals surface area contributed by atoms with Crippen LogP contribution in [0.2, 0.25) is 0 Å². The molecule has 0 radical (unpaired) electrons. The first-order valence-corrected chi connectivity index (χ1v) is 6.33. The number of aromatic nitrogens is 2. The Hall–Kier alpha value is -0.960. The molecule has 2 rings (SSSR count). The molecule has 7 heteroatoms. The zero-order valence-electron chi connectivity index (χ0n) is 8.32. The number of nitrogens with zero attached hydrogens (tertiary/aromatic N) is 2. The van der Waals surface area contributed by atoms with Crippen molar-refractivity contribution in [1.82, 2.24) is 9.97 Å². The van der Waals surface area contributed by atoms with Crippen LogP contribution in [0.15, 0.2) is 29.0 Å². The summed E-state index contributed by atoms with van der Waals surface area (Å²) < 4.78 is 19.8. The van der Waals surface area contributed by atoms with Crippen LogP contribution in [0.25, 0.3) is 0 Å². The summed E-state index contributed by atoms with van der Waals surface area (Å²) in [7, 11) is 0. The lowest BCUT2D eigenvalue weighted by Gasteiger charge is -2.07. The van der Waals surface area contributed by atoms with E-state index < -0.39 is 5.82 Å². The molecule has 4 nitrogen and oxygen atoms in total. The van der Waals surface area contributed by atoms with E-state index in [4.69, 9.17) is 10.5 Å². The SMILES string of the molecule is Nc1cc(Br)c(F)cc1Oc1ncc(I)cn1. The molecular formula is C10H6BrFIN3O. The van der Waals surface area contributed by atoms with Crippen molar-refractivity contribution in [2.75, 3.05) is 5.73 Å². The van der Waals surface area contributed by atoms with E-state index in [9.17, 15) is 4.39 Å². The van der Waals surface area contributed by atoms with E-state index in [1.807, 2.05) is 0 Å². The van der Waals surface area contributed by atoms with Crippen molar-refractivity contribution < 1.29 is 9.13 Å². The van der Waals surface area contributed by atoms with Gasteiger partial charge in [-0.25, -0.2) is 14.4 Å². The maximum Gasteiger partial charge on any atom is 0.322 e. The Morgan fingerprint density at radius 3 is 2.59 bits per heavy atom. The van der Waals surface area contributed by atoms with Crippen LogP contribution < -0.4 is 10.5 Å². The van der Waals surface area contributed by atoms with Gasteiger partial charge in [0.25, 0.3) is 0 Å². The Balaban J connectivity index is 2.30. The molecule has 88 valence electrons. The summed E-state index contributed by atoms with van der Waals surface area (Å²) in [5.74, 6) is -0.272. The van der Waals surface area contributed by atoms with Gasteiger partial charge < -0.3 is 10.5 Å². The highest BCUT2D eigenvalue weighted by Gasteiger charge is 2.09. The number of ether oxygens (including phenoxy) is 1. The van der Waals surface area contributed by atoms with Gasteiger partial charge in [-0.2, -0.15) is 0 Å². The monoisotopic (exact) mass is 409 g/mol. The van der Waals surface area contributed by atoms with Gasteiger partial charge in [0.2, 0.25) is 0 Å². The second-order valence-corrected chi connectivity index (χ2v) is 5.19. The maximum absolute atomic E-state index is 13.3. The number of benzene rings is 1. The lowest BCUT2D eigenvalue weighted by atomic mass is 10.3. The average molecular weight is 410 g/mol. The number of nitrogen functional groups attached to an aromatic ring is 1. The van der Waals surface area contributed by atoms with E-state index in [1.54, 1.807) is 12.4 Å². The van der Waals surface area contributed by atoms with Crippen molar-refractivity contribution in [2.45, 2.75) is 0 Å². The smallest absolute Gasteiger partial charge is 0.322 e. The van der Waals surface area contributed by atoms with Gasteiger partial charge in [-0.1, -0.05) is 0 Å². The van der Waals surface area contributed by atoms with Gasteiger partial charge in [0.1, 0.15) is 5.82 Å². The van der Waals surface area contributed by atoms with Gasteiger partial charge in [0.15, 0.2) is 5.75 Å². The molecule has 0 saturated heterocycles. The van der Waals surface area contributed by atoms with E-state index in [0.717, 1.165) is 3.57 Å². The molecule has 0 aliphatic rings. The Kier molecular flexibility index (Phi) is 3.77. The number of rotatable bonds is 2. The van der Waals surface area contributed by atoms with Crippen LogP contribution in [0.3, 0.4) is 0 Å². The lowest BCUT2D eigenvalue weighted by Crippen LogP contribution is -1.97. The van der Waals surface area contributed by atoms with Crippen LogP contribution in [0.4, 0.5) is 10.1 Å². The van der Waals surface area contributed by atoms with Crippen molar-refractivity contribution in [3.05, 3.63) is 38.4 Å². The van der Waals surface area contributed by atoms with Crippen molar-refractivity contribution >= 4 is 44.2 Å². The molecule has 0 fully saturated rings. The molecule has 0 amide bonds. The summed E-state index contributed by atoms with van der Waals surface area (Å²) in [6, 6.07) is 2.73. The Labute approximate surface area is 119 Å². The molecule has 1 aromatic heterocycles. The minimum Gasteiger partial charge on any atom is -0.422 e. The summed E-state index contributed by atoms with van der Waals surface area (Å²) >= 11 is 5.10. The van der Waals surface area contributed by atoms with E-state index in [-0.39, 0.29) is 16.2 Å². The fraction of sp³-hybridized carbons (Fsp3) is 0. The summed E-state index contributed by atoms with van der Waals surface area (Å²) in [6.45, 7) is 0. The van der Waals surface area contributed by atoms with E-state index in [0.29, 0.717) is 5.69 Å². The van der Waals surface area contributed by atoms with Gasteiger partial charge in [-0.15, -0.1) is 0 Å². The van der Waals surface area contributed by atoms with Crippen LogP contribution in [0, 0.1) is 9.39 Å². The quantitative estimate of drug-likeness (QED) is 0.610. The summed E-state index contributed by atoms with van der Waals surface area (Å²) in [6.07, 6.45) is 3.18. The minimum absolute atomic E-state index is 0.124. The second-order valence-electron chi connectivity index (χ2n) is 3.09. The molecular weight excluding hydrogens is 404 g/mol. The molecule has 0 spiro atoms. The van der Waals surface area contributed by atoms with Crippen molar-refractivity contribution in [3.63, 3.8) is 0 Å². The van der Waals surface area contributed by atoms with Crippen molar-refractivity contribution in [1.29, 1.82) is 0 Å². The number of nitrogens with two attached hydrogens (primary N) is 1. The van der Waals surface area contributed by atoms with Gasteiger partial charge >= 0.3 is 6.01 Å². The second kappa shape index (κ2) is 5.13. The predicted octanol–water partition coefficient (Wildman–Crippen LogP) is 3.36. The molecule has 2 N–H and O–H groups in total. The van der Waals surface area contributed by atoms with Crippen LogP contribution in [0.5, 0.6) is 11.8 Å². The molecule has 1 heterocycles. The highest BCUT2D eigenvalue weighted by atomic mass is 127. The summed E-state index contributed by atoms with van der Waals surface area (Å²) in [5, 5.41) is 0. The molecule has 0 atom stereocenters. The highest BCUT2D eigenvalue weighted by molar-refractivity contribution is 14.1. The number of anilines is 1. The van der Waals surface area contributed by atoms with E-state index >= 15 is 0 Å². The highest BCUT2D eigenvalue weighted by Crippen LogP contribution is 2.30. The van der Waals surface area contributed by atoms with Gasteiger partial charge in [0, 0.05) is 22.0 Å². The molecule has 0 saturated carbocycles. The Bertz CT molecular complexity index is 550. The number of hydrogen-bond acceptors (Lipinski definition) is 4. The third kappa shape index (κ3) is 3.03. The minimum atomic E-state index is -0.459. The van der Waals surface area contributed by atoms with Crippen molar-refractivity contribution in [2.24, 2.45) is 0 Å². The van der Waals surface area contributed by atoms with Crippen LogP contribution in [0.1, 0.15) is 0 Å². The van der Waals surface area contributed by atoms with Gasteiger partial charge in [-0.3, -0.25) is 0 Å². The standard InChI is InChI=1S/C10H6BrFIN3O/c11-6-1-8(14)9(2-7(6)12)17-10-15-3-5(13)4-16-10/h1-4H,14H2.